The van der Waals surface area contributed by atoms with Crippen LogP contribution in [-0.2, 0) is 0 Å². The molecule has 20 heavy (non-hydrogen) atoms. The number of hydrogen-bond donors (Lipinski definition) is 0. The summed E-state index contributed by atoms with van der Waals surface area (Å²) in [5.74, 6) is -0.718. The summed E-state index contributed by atoms with van der Waals surface area (Å²) in [5.41, 5.74) is 0.171. The van der Waals surface area contributed by atoms with Crippen molar-refractivity contribution in [2.45, 2.75) is 0 Å². The van der Waals surface area contributed by atoms with Crippen molar-refractivity contribution >= 4 is 63.2 Å². The van der Waals surface area contributed by atoms with Crippen LogP contribution in [0.5, 0.6) is 0 Å². The zero-order valence-electron chi connectivity index (χ0n) is 9.49. The molecule has 2 aromatic rings. The maximum Gasteiger partial charge on any atom is 0.253 e. The second-order valence-electron chi connectivity index (χ2n) is 3.83. The smallest absolute Gasteiger partial charge is 0.253 e. The largest absolute Gasteiger partial charge is 0.276 e. The van der Waals surface area contributed by atoms with Gasteiger partial charge in [-0.15, -0.1) is 0 Å². The zero-order chi connectivity index (χ0) is 15.0. The lowest BCUT2D eigenvalue weighted by molar-refractivity contribution is 0.108. The van der Waals surface area contributed by atoms with E-state index < -0.39 is 11.1 Å². The average molecular weight is 372 g/mol. The highest BCUT2D eigenvalue weighted by Gasteiger charge is 2.18. The molecule has 0 aliphatic carbocycles. The van der Waals surface area contributed by atoms with Crippen LogP contribution in [-0.4, -0.2) is 5.24 Å². The topological polar surface area (TPSA) is 17.1 Å². The maximum absolute atomic E-state index is 14.1. The molecule has 7 heteroatoms. The highest BCUT2D eigenvalue weighted by atomic mass is 35.5. The monoisotopic (exact) mass is 370 g/mol. The van der Waals surface area contributed by atoms with E-state index in [-0.39, 0.29) is 31.8 Å². The van der Waals surface area contributed by atoms with Crippen LogP contribution in [0.4, 0.5) is 4.39 Å². The minimum atomic E-state index is -0.853. The summed E-state index contributed by atoms with van der Waals surface area (Å²) in [4.78, 5) is 11.1. The molecule has 0 atom stereocenters. The summed E-state index contributed by atoms with van der Waals surface area (Å²) in [7, 11) is 0. The minimum Gasteiger partial charge on any atom is -0.276 e. The number of hydrogen-bond acceptors (Lipinski definition) is 1. The summed E-state index contributed by atoms with van der Waals surface area (Å²) in [6.45, 7) is 0. The van der Waals surface area contributed by atoms with Crippen molar-refractivity contribution in [1.29, 1.82) is 0 Å². The average Bonchev–Trinajstić information content (AvgIpc) is 2.31. The fourth-order valence-electron chi connectivity index (χ4n) is 1.69. The number of benzene rings is 2. The fourth-order valence-corrected chi connectivity index (χ4v) is 3.16. The van der Waals surface area contributed by atoms with Gasteiger partial charge in [0.1, 0.15) is 5.82 Å². The van der Waals surface area contributed by atoms with Crippen molar-refractivity contribution < 1.29 is 9.18 Å². The van der Waals surface area contributed by atoms with Crippen molar-refractivity contribution in [2.75, 3.05) is 0 Å². The zero-order valence-corrected chi connectivity index (χ0v) is 13.3. The van der Waals surface area contributed by atoms with Crippen molar-refractivity contribution in [1.82, 2.24) is 0 Å². The van der Waals surface area contributed by atoms with Gasteiger partial charge in [0.15, 0.2) is 0 Å². The van der Waals surface area contributed by atoms with Gasteiger partial charge >= 0.3 is 0 Å². The Kier molecular flexibility index (Phi) is 4.83. The molecule has 1 nitrogen and oxygen atoms in total. The number of halogens is 6. The van der Waals surface area contributed by atoms with Crippen LogP contribution in [0.15, 0.2) is 24.3 Å². The van der Waals surface area contributed by atoms with E-state index in [1.165, 1.54) is 18.2 Å². The fraction of sp³-hybridized carbons (Fsp3) is 0. The quantitative estimate of drug-likeness (QED) is 0.551. The highest BCUT2D eigenvalue weighted by molar-refractivity contribution is 6.68. The van der Waals surface area contributed by atoms with Crippen LogP contribution >= 0.6 is 58.0 Å². The second-order valence-corrected chi connectivity index (χ2v) is 5.83. The van der Waals surface area contributed by atoms with Crippen molar-refractivity contribution in [2.24, 2.45) is 0 Å². The van der Waals surface area contributed by atoms with E-state index in [0.717, 1.165) is 6.07 Å². The van der Waals surface area contributed by atoms with Gasteiger partial charge in [0.05, 0.1) is 20.6 Å². The van der Waals surface area contributed by atoms with Gasteiger partial charge in [0.25, 0.3) is 5.24 Å². The molecule has 0 aliphatic rings. The van der Waals surface area contributed by atoms with Gasteiger partial charge in [-0.1, -0.05) is 46.4 Å². The van der Waals surface area contributed by atoms with Gasteiger partial charge in [-0.2, -0.15) is 0 Å². The molecule has 104 valence electrons. The Labute approximate surface area is 139 Å². The predicted octanol–water partition coefficient (Wildman–Crippen LogP) is 6.49. The van der Waals surface area contributed by atoms with Crippen LogP contribution in [0.25, 0.3) is 11.1 Å². The maximum atomic E-state index is 14.1. The summed E-state index contributed by atoms with van der Waals surface area (Å²) in [5, 5.41) is -0.190. The normalized spacial score (nSPS) is 10.7. The van der Waals surface area contributed by atoms with E-state index in [1.54, 1.807) is 0 Å². The van der Waals surface area contributed by atoms with Crippen LogP contribution in [0.3, 0.4) is 0 Å². The molecule has 0 N–H and O–H groups in total. The minimum absolute atomic E-state index is 0.00323. The van der Waals surface area contributed by atoms with E-state index in [1.807, 2.05) is 0 Å². The first-order chi connectivity index (χ1) is 9.31. The third kappa shape index (κ3) is 3.05. The Hall–Kier alpha value is -0.510. The van der Waals surface area contributed by atoms with E-state index in [9.17, 15) is 9.18 Å². The Morgan fingerprint density at radius 1 is 0.900 bits per heavy atom. The van der Waals surface area contributed by atoms with E-state index in [0.29, 0.717) is 5.02 Å². The molecule has 0 heterocycles. The van der Waals surface area contributed by atoms with Crippen molar-refractivity contribution in [3.63, 3.8) is 0 Å². The molecule has 0 aromatic heterocycles. The third-order valence-electron chi connectivity index (χ3n) is 2.54. The molecule has 0 amide bonds. The molecule has 0 spiro atoms. The Bertz CT molecular complexity index is 691. The molecule has 2 rings (SSSR count). The number of carbonyl (C=O) groups excluding carboxylic acids is 1. The lowest BCUT2D eigenvalue weighted by Crippen LogP contribution is -1.95. The molecule has 0 aliphatic heterocycles. The van der Waals surface area contributed by atoms with Gasteiger partial charge in [-0.3, -0.25) is 4.79 Å². The van der Waals surface area contributed by atoms with Crippen LogP contribution in [0.1, 0.15) is 10.4 Å². The van der Waals surface area contributed by atoms with Crippen molar-refractivity contribution in [3.8, 4) is 11.1 Å². The first-order valence-electron chi connectivity index (χ1n) is 5.15. The molecule has 2 aromatic carbocycles. The number of carbonyl (C=O) groups is 1. The van der Waals surface area contributed by atoms with Gasteiger partial charge in [-0.05, 0) is 35.9 Å². The molecule has 0 radical (unpaired) electrons. The lowest BCUT2D eigenvalue weighted by Gasteiger charge is -2.11. The molecule has 0 unspecified atom stereocenters. The van der Waals surface area contributed by atoms with Gasteiger partial charge in [-0.25, -0.2) is 4.39 Å². The third-order valence-corrected chi connectivity index (χ3v) is 3.88. The Morgan fingerprint density at radius 2 is 1.45 bits per heavy atom. The second kappa shape index (κ2) is 6.08. The van der Waals surface area contributed by atoms with Crippen LogP contribution in [0, 0.1) is 5.82 Å². The predicted molar refractivity (Wildman–Crippen MR) is 82.1 cm³/mol. The molecule has 0 saturated heterocycles. The Morgan fingerprint density at radius 3 is 1.95 bits per heavy atom. The molecule has 0 fully saturated rings. The standard InChI is InChI=1S/C13H4Cl5FO/c14-5-1-9(16)12(10(17)2-5)7-3-8(15)6(13(18)20)4-11(7)19/h1-4H. The summed E-state index contributed by atoms with van der Waals surface area (Å²) in [6.07, 6.45) is 0. The summed E-state index contributed by atoms with van der Waals surface area (Å²) >= 11 is 29.0. The SMILES string of the molecule is O=C(Cl)c1cc(F)c(-c2c(Cl)cc(Cl)cc2Cl)cc1Cl. The van der Waals surface area contributed by atoms with Crippen molar-refractivity contribution in [3.05, 3.63) is 55.7 Å². The van der Waals surface area contributed by atoms with Gasteiger partial charge < -0.3 is 0 Å². The van der Waals surface area contributed by atoms with Crippen LogP contribution < -0.4 is 0 Å². The first-order valence-corrected chi connectivity index (χ1v) is 7.04. The molecular weight excluding hydrogens is 368 g/mol. The Balaban J connectivity index is 2.72. The van der Waals surface area contributed by atoms with Crippen LogP contribution in [0.2, 0.25) is 20.1 Å². The first kappa shape index (κ1) is 15.9. The molecule has 0 saturated carbocycles. The van der Waals surface area contributed by atoms with E-state index in [2.05, 4.69) is 0 Å². The molecule has 0 bridgehead atoms. The summed E-state index contributed by atoms with van der Waals surface area (Å²) < 4.78 is 14.1. The van der Waals surface area contributed by atoms with Gasteiger partial charge in [0.2, 0.25) is 0 Å². The highest BCUT2D eigenvalue weighted by Crippen LogP contribution is 2.40. The van der Waals surface area contributed by atoms with E-state index in [4.69, 9.17) is 58.0 Å². The summed E-state index contributed by atoms with van der Waals surface area (Å²) in [6, 6.07) is 5.04. The van der Waals surface area contributed by atoms with Gasteiger partial charge in [0, 0.05) is 16.1 Å². The lowest BCUT2D eigenvalue weighted by atomic mass is 10.0. The van der Waals surface area contributed by atoms with E-state index >= 15 is 0 Å². The number of rotatable bonds is 2. The molecular formula is C13H4Cl5FO.